The first-order chi connectivity index (χ1) is 13.0. The van der Waals surface area contributed by atoms with Crippen LogP contribution in [0.25, 0.3) is 10.8 Å². The van der Waals surface area contributed by atoms with Gasteiger partial charge < -0.3 is 15.3 Å². The minimum absolute atomic E-state index is 0.0316. The van der Waals surface area contributed by atoms with E-state index in [1.807, 2.05) is 31.1 Å². The van der Waals surface area contributed by atoms with Gasteiger partial charge in [0, 0.05) is 35.9 Å². The van der Waals surface area contributed by atoms with Crippen LogP contribution in [0.1, 0.15) is 32.0 Å². The molecule has 0 fully saturated rings. The highest BCUT2D eigenvalue weighted by atomic mass is 16.3. The molecular formula is C21H19N3O3. The lowest BCUT2D eigenvalue weighted by Crippen LogP contribution is -2.26. The number of benzene rings is 2. The van der Waals surface area contributed by atoms with Crippen molar-refractivity contribution in [1.82, 2.24) is 9.88 Å². The molecule has 0 atom stereocenters. The van der Waals surface area contributed by atoms with Crippen molar-refractivity contribution < 1.29 is 14.7 Å². The monoisotopic (exact) mass is 361 g/mol. The first-order valence-corrected chi connectivity index (χ1v) is 8.70. The molecule has 3 aromatic rings. The lowest BCUT2D eigenvalue weighted by Gasteiger charge is -2.22. The number of aromatic nitrogens is 1. The number of anilines is 1. The zero-order valence-electron chi connectivity index (χ0n) is 15.1. The Bertz CT molecular complexity index is 1090. The molecule has 1 aromatic heterocycles. The van der Waals surface area contributed by atoms with Gasteiger partial charge in [0.2, 0.25) is 5.78 Å². The summed E-state index contributed by atoms with van der Waals surface area (Å²) in [7, 11) is 3.92. The predicted octanol–water partition coefficient (Wildman–Crippen LogP) is 2.69. The van der Waals surface area contributed by atoms with E-state index in [-0.39, 0.29) is 33.9 Å². The van der Waals surface area contributed by atoms with Crippen molar-refractivity contribution in [3.63, 3.8) is 0 Å². The van der Waals surface area contributed by atoms with Crippen LogP contribution in [0.15, 0.2) is 42.6 Å². The van der Waals surface area contributed by atoms with Crippen LogP contribution < -0.4 is 5.32 Å². The molecule has 0 radical (unpaired) electrons. The summed E-state index contributed by atoms with van der Waals surface area (Å²) < 4.78 is 0. The molecule has 0 saturated heterocycles. The normalized spacial score (nSPS) is 13.0. The topological polar surface area (TPSA) is 82.5 Å². The number of aromatic hydroxyl groups is 1. The molecule has 1 heterocycles. The molecule has 136 valence electrons. The fourth-order valence-corrected chi connectivity index (χ4v) is 3.42. The summed E-state index contributed by atoms with van der Waals surface area (Å²) in [6.45, 7) is 1.40. The summed E-state index contributed by atoms with van der Waals surface area (Å²) in [5.74, 6) is -0.903. The van der Waals surface area contributed by atoms with E-state index in [9.17, 15) is 14.7 Å². The molecule has 0 spiro atoms. The third-order valence-corrected chi connectivity index (χ3v) is 4.76. The van der Waals surface area contributed by atoms with Crippen molar-refractivity contribution in [1.29, 1.82) is 0 Å². The first kappa shape index (κ1) is 17.2. The van der Waals surface area contributed by atoms with Gasteiger partial charge in [0.15, 0.2) is 5.78 Å². The Morgan fingerprint density at radius 1 is 1.07 bits per heavy atom. The average Bonchev–Trinajstić information content (AvgIpc) is 2.65. The van der Waals surface area contributed by atoms with Gasteiger partial charge in [-0.3, -0.25) is 14.6 Å². The van der Waals surface area contributed by atoms with Gasteiger partial charge in [-0.25, -0.2) is 0 Å². The number of hydrogen-bond donors (Lipinski definition) is 2. The van der Waals surface area contributed by atoms with E-state index >= 15 is 0 Å². The van der Waals surface area contributed by atoms with Crippen molar-refractivity contribution in [3.05, 3.63) is 65.0 Å². The van der Waals surface area contributed by atoms with Crippen molar-refractivity contribution in [3.8, 4) is 5.75 Å². The average molecular weight is 361 g/mol. The Morgan fingerprint density at radius 3 is 2.63 bits per heavy atom. The second kappa shape index (κ2) is 6.48. The van der Waals surface area contributed by atoms with E-state index in [4.69, 9.17) is 0 Å². The van der Waals surface area contributed by atoms with Gasteiger partial charge in [-0.15, -0.1) is 0 Å². The van der Waals surface area contributed by atoms with Crippen LogP contribution in [0, 0.1) is 0 Å². The SMILES string of the molecule is CN(C)CCNc1ccnc2c1C(=O)c1cc3ccccc3c(O)c1C2=O. The number of nitrogens with zero attached hydrogens (tertiary/aromatic N) is 2. The van der Waals surface area contributed by atoms with Crippen molar-refractivity contribution in [2.24, 2.45) is 0 Å². The summed E-state index contributed by atoms with van der Waals surface area (Å²) in [6, 6.07) is 10.5. The van der Waals surface area contributed by atoms with Crippen LogP contribution in [-0.2, 0) is 0 Å². The third kappa shape index (κ3) is 2.74. The van der Waals surface area contributed by atoms with Gasteiger partial charge >= 0.3 is 0 Å². The quantitative estimate of drug-likeness (QED) is 0.582. The number of likely N-dealkylation sites (N-methyl/N-ethyl adjacent to an activating group) is 1. The molecule has 0 bridgehead atoms. The Labute approximate surface area is 156 Å². The van der Waals surface area contributed by atoms with Crippen LogP contribution in [0.3, 0.4) is 0 Å². The number of phenolic OH excluding ortho intramolecular Hbond substituents is 1. The van der Waals surface area contributed by atoms with Crippen LogP contribution in [-0.4, -0.2) is 53.7 Å². The number of phenols is 1. The molecule has 0 saturated carbocycles. The number of ketones is 2. The molecule has 2 N–H and O–H groups in total. The lowest BCUT2D eigenvalue weighted by atomic mass is 9.83. The van der Waals surface area contributed by atoms with Crippen LogP contribution >= 0.6 is 0 Å². The largest absolute Gasteiger partial charge is 0.507 e. The third-order valence-electron chi connectivity index (χ3n) is 4.76. The fraction of sp³-hybridized carbons (Fsp3) is 0.190. The molecule has 1 aliphatic carbocycles. The Balaban J connectivity index is 1.86. The highest BCUT2D eigenvalue weighted by Crippen LogP contribution is 2.39. The fourth-order valence-electron chi connectivity index (χ4n) is 3.42. The Hall–Kier alpha value is -3.25. The van der Waals surface area contributed by atoms with Gasteiger partial charge in [0.1, 0.15) is 11.4 Å². The molecule has 0 aliphatic heterocycles. The molecule has 4 rings (SSSR count). The van der Waals surface area contributed by atoms with Crippen molar-refractivity contribution >= 4 is 28.0 Å². The van der Waals surface area contributed by atoms with Gasteiger partial charge in [-0.05, 0) is 31.6 Å². The molecule has 0 amide bonds. The van der Waals surface area contributed by atoms with Gasteiger partial charge in [0.25, 0.3) is 0 Å². The second-order valence-corrected chi connectivity index (χ2v) is 6.84. The van der Waals surface area contributed by atoms with E-state index < -0.39 is 5.78 Å². The number of pyridine rings is 1. The summed E-state index contributed by atoms with van der Waals surface area (Å²) in [5.41, 5.74) is 1.17. The van der Waals surface area contributed by atoms with Crippen LogP contribution in [0.5, 0.6) is 5.75 Å². The molecule has 6 nitrogen and oxygen atoms in total. The molecular weight excluding hydrogens is 342 g/mol. The van der Waals surface area contributed by atoms with Crippen LogP contribution in [0.2, 0.25) is 0 Å². The van der Waals surface area contributed by atoms with E-state index in [0.717, 1.165) is 6.54 Å². The van der Waals surface area contributed by atoms with E-state index in [1.54, 1.807) is 24.3 Å². The summed E-state index contributed by atoms with van der Waals surface area (Å²) in [5, 5.41) is 15.1. The highest BCUT2D eigenvalue weighted by molar-refractivity contribution is 6.31. The summed E-state index contributed by atoms with van der Waals surface area (Å²) in [4.78, 5) is 32.4. The highest BCUT2D eigenvalue weighted by Gasteiger charge is 2.35. The number of carbonyl (C=O) groups is 2. The number of carbonyl (C=O) groups excluding carboxylic acids is 2. The van der Waals surface area contributed by atoms with Crippen molar-refractivity contribution in [2.45, 2.75) is 0 Å². The maximum absolute atomic E-state index is 13.2. The van der Waals surface area contributed by atoms with E-state index in [2.05, 4.69) is 10.3 Å². The molecule has 1 aliphatic rings. The smallest absolute Gasteiger partial charge is 0.216 e. The first-order valence-electron chi connectivity index (χ1n) is 8.70. The number of fused-ring (bicyclic) bond motifs is 3. The maximum Gasteiger partial charge on any atom is 0.216 e. The standard InChI is InChI=1S/C21H19N3O3/c1-24(2)10-9-22-15-7-8-23-18-17(15)20(26)14-11-12-5-3-4-6-13(12)19(25)16(14)21(18)27/h3-8,11,25H,9-10H2,1-2H3,(H,22,23). The summed E-state index contributed by atoms with van der Waals surface area (Å²) >= 11 is 0. The maximum atomic E-state index is 13.2. The van der Waals surface area contributed by atoms with Gasteiger partial charge in [0.05, 0.1) is 11.1 Å². The zero-order chi connectivity index (χ0) is 19.1. The zero-order valence-corrected chi connectivity index (χ0v) is 15.1. The molecule has 6 heteroatoms. The van der Waals surface area contributed by atoms with Gasteiger partial charge in [-0.2, -0.15) is 0 Å². The number of hydrogen-bond acceptors (Lipinski definition) is 6. The molecule has 0 unspecified atom stereocenters. The Morgan fingerprint density at radius 2 is 1.85 bits per heavy atom. The minimum Gasteiger partial charge on any atom is -0.507 e. The minimum atomic E-state index is -0.431. The van der Waals surface area contributed by atoms with E-state index in [0.29, 0.717) is 23.0 Å². The predicted molar refractivity (Wildman–Crippen MR) is 104 cm³/mol. The molecule has 2 aromatic carbocycles. The Kier molecular flexibility index (Phi) is 4.12. The number of rotatable bonds is 4. The van der Waals surface area contributed by atoms with Gasteiger partial charge in [-0.1, -0.05) is 24.3 Å². The number of nitrogens with one attached hydrogen (secondary N) is 1. The van der Waals surface area contributed by atoms with E-state index in [1.165, 1.54) is 6.20 Å². The molecule has 27 heavy (non-hydrogen) atoms. The second-order valence-electron chi connectivity index (χ2n) is 6.84. The summed E-state index contributed by atoms with van der Waals surface area (Å²) in [6.07, 6.45) is 1.51. The lowest BCUT2D eigenvalue weighted by molar-refractivity contribution is 0.0974. The van der Waals surface area contributed by atoms with Crippen molar-refractivity contribution in [2.75, 3.05) is 32.5 Å². The van der Waals surface area contributed by atoms with Crippen LogP contribution in [0.4, 0.5) is 5.69 Å².